The Hall–Kier alpha value is -3.08. The van der Waals surface area contributed by atoms with E-state index in [1.54, 1.807) is 7.11 Å². The van der Waals surface area contributed by atoms with Gasteiger partial charge in [0.15, 0.2) is 5.76 Å². The first kappa shape index (κ1) is 18.7. The topological polar surface area (TPSA) is 64.4 Å². The SMILES string of the molecule is COc1ccc(-c2cc(CCCC(=O)Nc3cc(C)cc(C)c3)no2)cc1. The molecule has 140 valence electrons. The first-order valence-electron chi connectivity index (χ1n) is 9.01. The third kappa shape index (κ3) is 5.20. The van der Waals surface area contributed by atoms with Crippen LogP contribution in [0.2, 0.25) is 0 Å². The van der Waals surface area contributed by atoms with E-state index < -0.39 is 0 Å². The van der Waals surface area contributed by atoms with E-state index in [1.807, 2.05) is 56.3 Å². The third-order valence-corrected chi connectivity index (χ3v) is 4.28. The van der Waals surface area contributed by atoms with Crippen molar-refractivity contribution >= 4 is 11.6 Å². The molecule has 0 bridgehead atoms. The standard InChI is InChI=1S/C22H24N2O3/c1-15-11-16(2)13-19(12-15)23-22(25)6-4-5-18-14-21(27-24-18)17-7-9-20(26-3)10-8-17/h7-14H,4-6H2,1-3H3,(H,23,25). The van der Waals surface area contributed by atoms with Crippen molar-refractivity contribution in [2.75, 3.05) is 12.4 Å². The average Bonchev–Trinajstić information content (AvgIpc) is 3.10. The maximum Gasteiger partial charge on any atom is 0.224 e. The molecule has 0 fully saturated rings. The maximum absolute atomic E-state index is 12.1. The molecule has 1 N–H and O–H groups in total. The van der Waals surface area contributed by atoms with Crippen LogP contribution < -0.4 is 10.1 Å². The summed E-state index contributed by atoms with van der Waals surface area (Å²) in [5.74, 6) is 1.53. The summed E-state index contributed by atoms with van der Waals surface area (Å²) >= 11 is 0. The van der Waals surface area contributed by atoms with Crippen molar-refractivity contribution in [3.05, 3.63) is 65.4 Å². The molecule has 1 amide bonds. The van der Waals surface area contributed by atoms with E-state index in [-0.39, 0.29) is 5.91 Å². The van der Waals surface area contributed by atoms with E-state index >= 15 is 0 Å². The van der Waals surface area contributed by atoms with Crippen LogP contribution >= 0.6 is 0 Å². The van der Waals surface area contributed by atoms with Crippen molar-refractivity contribution < 1.29 is 14.1 Å². The Morgan fingerprint density at radius 1 is 1.07 bits per heavy atom. The van der Waals surface area contributed by atoms with Crippen LogP contribution in [0.4, 0.5) is 5.69 Å². The minimum atomic E-state index is 0.0128. The Labute approximate surface area is 159 Å². The highest BCUT2D eigenvalue weighted by atomic mass is 16.5. The quantitative estimate of drug-likeness (QED) is 0.646. The highest BCUT2D eigenvalue weighted by Crippen LogP contribution is 2.23. The molecule has 0 atom stereocenters. The molecule has 5 nitrogen and oxygen atoms in total. The van der Waals surface area contributed by atoms with E-state index in [9.17, 15) is 4.79 Å². The average molecular weight is 364 g/mol. The number of hydrogen-bond donors (Lipinski definition) is 1. The number of anilines is 1. The van der Waals surface area contributed by atoms with Gasteiger partial charge in [0.05, 0.1) is 12.8 Å². The zero-order valence-electron chi connectivity index (χ0n) is 15.9. The van der Waals surface area contributed by atoms with Crippen LogP contribution in [0.1, 0.15) is 29.7 Å². The van der Waals surface area contributed by atoms with Crippen LogP contribution in [-0.2, 0) is 11.2 Å². The molecule has 2 aromatic carbocycles. The maximum atomic E-state index is 12.1. The van der Waals surface area contributed by atoms with Gasteiger partial charge in [-0.3, -0.25) is 4.79 Å². The molecule has 0 radical (unpaired) electrons. The summed E-state index contributed by atoms with van der Waals surface area (Å²) in [6.07, 6.45) is 1.85. The minimum Gasteiger partial charge on any atom is -0.497 e. The molecule has 27 heavy (non-hydrogen) atoms. The largest absolute Gasteiger partial charge is 0.497 e. The van der Waals surface area contributed by atoms with Gasteiger partial charge in [0, 0.05) is 23.7 Å². The van der Waals surface area contributed by atoms with Gasteiger partial charge in [-0.15, -0.1) is 0 Å². The molecule has 0 aliphatic rings. The van der Waals surface area contributed by atoms with Crippen molar-refractivity contribution in [3.8, 4) is 17.1 Å². The lowest BCUT2D eigenvalue weighted by atomic mass is 10.1. The second-order valence-corrected chi connectivity index (χ2v) is 6.69. The van der Waals surface area contributed by atoms with Crippen LogP contribution in [0.25, 0.3) is 11.3 Å². The second-order valence-electron chi connectivity index (χ2n) is 6.69. The summed E-state index contributed by atoms with van der Waals surface area (Å²) in [4.78, 5) is 12.1. The molecule has 0 aliphatic heterocycles. The van der Waals surface area contributed by atoms with Gasteiger partial charge in [-0.1, -0.05) is 11.2 Å². The monoisotopic (exact) mass is 364 g/mol. The molecule has 0 spiro atoms. The number of rotatable bonds is 7. The minimum absolute atomic E-state index is 0.0128. The molecular weight excluding hydrogens is 340 g/mol. The van der Waals surface area contributed by atoms with E-state index in [4.69, 9.17) is 9.26 Å². The molecule has 0 aliphatic carbocycles. The lowest BCUT2D eigenvalue weighted by Crippen LogP contribution is -2.11. The Morgan fingerprint density at radius 3 is 2.44 bits per heavy atom. The van der Waals surface area contributed by atoms with Gasteiger partial charge in [-0.05, 0) is 74.2 Å². The summed E-state index contributed by atoms with van der Waals surface area (Å²) in [7, 11) is 1.64. The number of aromatic nitrogens is 1. The van der Waals surface area contributed by atoms with Gasteiger partial charge in [0.1, 0.15) is 5.75 Å². The third-order valence-electron chi connectivity index (χ3n) is 4.28. The first-order chi connectivity index (χ1) is 13.0. The first-order valence-corrected chi connectivity index (χ1v) is 9.01. The van der Waals surface area contributed by atoms with E-state index in [0.29, 0.717) is 25.0 Å². The van der Waals surface area contributed by atoms with Gasteiger partial charge in [0.25, 0.3) is 0 Å². The number of amides is 1. The van der Waals surface area contributed by atoms with Crippen molar-refractivity contribution in [1.29, 1.82) is 0 Å². The van der Waals surface area contributed by atoms with Crippen molar-refractivity contribution in [3.63, 3.8) is 0 Å². The highest BCUT2D eigenvalue weighted by Gasteiger charge is 2.09. The summed E-state index contributed by atoms with van der Waals surface area (Å²) in [5.41, 5.74) is 4.92. The van der Waals surface area contributed by atoms with Crippen LogP contribution in [0, 0.1) is 13.8 Å². The molecule has 1 aromatic heterocycles. The van der Waals surface area contributed by atoms with E-state index in [0.717, 1.165) is 33.8 Å². The number of carbonyl (C=O) groups is 1. The number of nitrogens with zero attached hydrogens (tertiary/aromatic N) is 1. The smallest absolute Gasteiger partial charge is 0.224 e. The predicted octanol–water partition coefficient (Wildman–Crippen LogP) is 4.93. The molecule has 1 heterocycles. The Morgan fingerprint density at radius 2 is 1.78 bits per heavy atom. The predicted molar refractivity (Wildman–Crippen MR) is 106 cm³/mol. The summed E-state index contributed by atoms with van der Waals surface area (Å²) < 4.78 is 10.6. The number of hydrogen-bond acceptors (Lipinski definition) is 4. The zero-order valence-corrected chi connectivity index (χ0v) is 15.9. The molecule has 0 saturated heterocycles. The van der Waals surface area contributed by atoms with Gasteiger partial charge in [-0.25, -0.2) is 0 Å². The van der Waals surface area contributed by atoms with Crippen molar-refractivity contribution in [1.82, 2.24) is 5.16 Å². The Bertz CT molecular complexity index is 893. The zero-order chi connectivity index (χ0) is 19.2. The summed E-state index contributed by atoms with van der Waals surface area (Å²) in [5, 5.41) is 7.06. The van der Waals surface area contributed by atoms with Crippen LogP contribution in [0.3, 0.4) is 0 Å². The van der Waals surface area contributed by atoms with E-state index in [1.165, 1.54) is 0 Å². The lowest BCUT2D eigenvalue weighted by Gasteiger charge is -2.07. The van der Waals surface area contributed by atoms with E-state index in [2.05, 4.69) is 16.5 Å². The number of ether oxygens (including phenoxy) is 1. The number of carbonyl (C=O) groups excluding carboxylic acids is 1. The van der Waals surface area contributed by atoms with Crippen molar-refractivity contribution in [2.45, 2.75) is 33.1 Å². The van der Waals surface area contributed by atoms with Crippen LogP contribution in [0.5, 0.6) is 5.75 Å². The summed E-state index contributed by atoms with van der Waals surface area (Å²) in [6, 6.07) is 15.6. The fourth-order valence-electron chi connectivity index (χ4n) is 3.02. The van der Waals surface area contributed by atoms with Gasteiger partial charge >= 0.3 is 0 Å². The summed E-state index contributed by atoms with van der Waals surface area (Å²) in [6.45, 7) is 4.04. The fraction of sp³-hybridized carbons (Fsp3) is 0.273. The number of benzene rings is 2. The van der Waals surface area contributed by atoms with Crippen LogP contribution in [0.15, 0.2) is 53.1 Å². The van der Waals surface area contributed by atoms with Crippen molar-refractivity contribution in [2.24, 2.45) is 0 Å². The number of aryl methyl sites for hydroxylation is 3. The molecule has 0 unspecified atom stereocenters. The molecule has 0 saturated carbocycles. The normalized spacial score (nSPS) is 10.6. The number of nitrogens with one attached hydrogen (secondary N) is 1. The number of methoxy groups -OCH3 is 1. The molecular formula is C22H24N2O3. The van der Waals surface area contributed by atoms with Gasteiger partial charge in [0.2, 0.25) is 5.91 Å². The van der Waals surface area contributed by atoms with Gasteiger partial charge < -0.3 is 14.6 Å². The fourth-order valence-corrected chi connectivity index (χ4v) is 3.02. The van der Waals surface area contributed by atoms with Gasteiger partial charge in [-0.2, -0.15) is 0 Å². The molecule has 3 aromatic rings. The molecule has 5 heteroatoms. The lowest BCUT2D eigenvalue weighted by molar-refractivity contribution is -0.116. The molecule has 3 rings (SSSR count). The van der Waals surface area contributed by atoms with Crippen LogP contribution in [-0.4, -0.2) is 18.2 Å². The second kappa shape index (κ2) is 8.54. The Kier molecular flexibility index (Phi) is 5.91. The Balaban J connectivity index is 1.50. The highest BCUT2D eigenvalue weighted by molar-refractivity contribution is 5.90.